The van der Waals surface area contributed by atoms with Gasteiger partial charge in [0.15, 0.2) is 0 Å². The van der Waals surface area contributed by atoms with Gasteiger partial charge in [-0.1, -0.05) is 293 Å². The van der Waals surface area contributed by atoms with E-state index in [1.165, 1.54) is 248 Å². The number of fused-ring (bicyclic) bond motifs is 9. The van der Waals surface area contributed by atoms with Gasteiger partial charge in [-0.15, -0.1) is 0 Å². The molecule has 0 atom stereocenters. The molecular weight excluding hydrogens is 901 g/mol. The zero-order valence-electron chi connectivity index (χ0n) is 48.3. The SMILES string of the molecule is CCCCCCC1(CCCCCC)c2ccccc2-c2cc(-c3ccc4c(c3)C(CCCCCC)(CCCCCC)c3cc(-c5ccc6c(c5)-c5ccccc5C6(CCCCCC)CCCCCC)ccc3-4)ccc21. The Morgan fingerprint density at radius 3 is 0.787 bits per heavy atom. The van der Waals surface area contributed by atoms with Crippen molar-refractivity contribution >= 4 is 0 Å². The highest BCUT2D eigenvalue weighted by Crippen LogP contribution is 2.59. The molecule has 9 rings (SSSR count). The first-order valence-corrected chi connectivity index (χ1v) is 31.7. The van der Waals surface area contributed by atoms with Crippen LogP contribution in [0.3, 0.4) is 0 Å². The first-order valence-electron chi connectivity index (χ1n) is 31.7. The molecule has 0 N–H and O–H groups in total. The molecule has 6 aromatic rings. The van der Waals surface area contributed by atoms with E-state index in [-0.39, 0.29) is 16.2 Å². The van der Waals surface area contributed by atoms with E-state index in [1.807, 2.05) is 0 Å². The fraction of sp³-hybridized carbons (Fsp3) is 0.520. The van der Waals surface area contributed by atoms with E-state index >= 15 is 0 Å². The van der Waals surface area contributed by atoms with Crippen molar-refractivity contribution < 1.29 is 0 Å². The Kier molecular flexibility index (Phi) is 19.2. The van der Waals surface area contributed by atoms with Crippen LogP contribution in [0.2, 0.25) is 0 Å². The maximum Gasteiger partial charge on any atom is 0.0215 e. The second-order valence-electron chi connectivity index (χ2n) is 24.2. The lowest BCUT2D eigenvalue weighted by atomic mass is 9.69. The minimum absolute atomic E-state index is 0.0108. The lowest BCUT2D eigenvalue weighted by Gasteiger charge is -2.34. The molecule has 0 saturated carbocycles. The van der Waals surface area contributed by atoms with E-state index in [4.69, 9.17) is 0 Å². The molecular formula is C75H98. The molecule has 0 fully saturated rings. The molecule has 0 spiro atoms. The fourth-order valence-electron chi connectivity index (χ4n) is 15.3. The smallest absolute Gasteiger partial charge is 0.0215 e. The molecule has 3 aliphatic rings. The van der Waals surface area contributed by atoms with Gasteiger partial charge < -0.3 is 0 Å². The number of rotatable bonds is 32. The van der Waals surface area contributed by atoms with Gasteiger partial charge in [0, 0.05) is 16.2 Å². The van der Waals surface area contributed by atoms with Crippen molar-refractivity contribution in [2.24, 2.45) is 0 Å². The van der Waals surface area contributed by atoms with Gasteiger partial charge in [-0.2, -0.15) is 0 Å². The number of unbranched alkanes of at least 4 members (excludes halogenated alkanes) is 18. The molecule has 0 amide bonds. The summed E-state index contributed by atoms with van der Waals surface area (Å²) in [6, 6.07) is 50.1. The summed E-state index contributed by atoms with van der Waals surface area (Å²) >= 11 is 0. The summed E-state index contributed by atoms with van der Waals surface area (Å²) in [5, 5.41) is 0. The van der Waals surface area contributed by atoms with Gasteiger partial charge in [0.2, 0.25) is 0 Å². The van der Waals surface area contributed by atoms with Crippen molar-refractivity contribution in [3.8, 4) is 55.6 Å². The van der Waals surface area contributed by atoms with E-state index < -0.39 is 0 Å². The van der Waals surface area contributed by atoms with E-state index in [2.05, 4.69) is 163 Å². The van der Waals surface area contributed by atoms with Gasteiger partial charge >= 0.3 is 0 Å². The number of hydrogen-bond donors (Lipinski definition) is 0. The summed E-state index contributed by atoms with van der Waals surface area (Å²) in [6.45, 7) is 14.1. The van der Waals surface area contributed by atoms with Gasteiger partial charge in [0.25, 0.3) is 0 Å². The second-order valence-corrected chi connectivity index (χ2v) is 24.2. The van der Waals surface area contributed by atoms with Crippen LogP contribution in [0.25, 0.3) is 55.6 Å². The van der Waals surface area contributed by atoms with E-state index in [1.54, 1.807) is 33.4 Å². The zero-order valence-corrected chi connectivity index (χ0v) is 48.3. The first-order chi connectivity index (χ1) is 36.9. The van der Waals surface area contributed by atoms with Gasteiger partial charge in [-0.25, -0.2) is 0 Å². The molecule has 0 bridgehead atoms. The minimum Gasteiger partial charge on any atom is -0.0654 e. The Balaban J connectivity index is 1.13. The predicted octanol–water partition coefficient (Wildman–Crippen LogP) is 23.6. The standard InChI is InChI=1S/C75H98/c1-7-13-19-29-47-73(48-30-20-14-8-2)67-37-27-25-35-61(67)65-53-57(41-45-69(65)73)59-39-43-63-64-44-40-60(56-72(64)75(71(63)55-59,51-33-23-17-11-5)52-34-24-18-12-6)58-42-46-70-66(54-58)62-36-26-28-38-68(62)74(70,49-31-21-15-9-3)50-32-22-16-10-4/h25-28,35-46,53-56H,7-24,29-34,47-52H2,1-6H3. The average molecular weight is 1000 g/mol. The lowest BCUT2D eigenvalue weighted by molar-refractivity contribution is 0.401. The van der Waals surface area contributed by atoms with Crippen molar-refractivity contribution in [3.63, 3.8) is 0 Å². The summed E-state index contributed by atoms with van der Waals surface area (Å²) in [5.74, 6) is 0. The summed E-state index contributed by atoms with van der Waals surface area (Å²) < 4.78 is 0. The van der Waals surface area contributed by atoms with Crippen LogP contribution in [0, 0.1) is 0 Å². The highest BCUT2D eigenvalue weighted by molar-refractivity contribution is 5.90. The molecule has 75 heavy (non-hydrogen) atoms. The molecule has 3 aliphatic carbocycles. The molecule has 6 aromatic carbocycles. The summed E-state index contributed by atoms with van der Waals surface area (Å²) in [5.41, 5.74) is 24.3. The minimum atomic E-state index is -0.0108. The maximum atomic E-state index is 2.70. The Morgan fingerprint density at radius 1 is 0.213 bits per heavy atom. The third-order valence-electron chi connectivity index (χ3n) is 19.3. The first kappa shape index (κ1) is 55.1. The summed E-state index contributed by atoms with van der Waals surface area (Å²) in [6.07, 6.45) is 38.9. The van der Waals surface area contributed by atoms with Gasteiger partial charge in [-0.3, -0.25) is 0 Å². The highest BCUT2D eigenvalue weighted by Gasteiger charge is 2.45. The molecule has 0 heteroatoms. The van der Waals surface area contributed by atoms with Crippen LogP contribution in [0.1, 0.15) is 268 Å². The maximum absolute atomic E-state index is 2.70. The van der Waals surface area contributed by atoms with Crippen LogP contribution in [-0.4, -0.2) is 0 Å². The van der Waals surface area contributed by atoms with Crippen LogP contribution in [-0.2, 0) is 16.2 Å². The molecule has 0 radical (unpaired) electrons. The molecule has 0 saturated heterocycles. The van der Waals surface area contributed by atoms with E-state index in [0.29, 0.717) is 0 Å². The molecule has 0 aliphatic heterocycles. The molecule has 0 unspecified atom stereocenters. The quantitative estimate of drug-likeness (QED) is 0.0370. The van der Waals surface area contributed by atoms with Crippen molar-refractivity contribution in [2.75, 3.05) is 0 Å². The zero-order chi connectivity index (χ0) is 52.1. The highest BCUT2D eigenvalue weighted by atomic mass is 14.5. The topological polar surface area (TPSA) is 0 Å². The Morgan fingerprint density at radius 2 is 0.467 bits per heavy atom. The predicted molar refractivity (Wildman–Crippen MR) is 329 cm³/mol. The van der Waals surface area contributed by atoms with E-state index in [0.717, 1.165) is 0 Å². The van der Waals surface area contributed by atoms with Crippen molar-refractivity contribution in [3.05, 3.63) is 155 Å². The third-order valence-corrected chi connectivity index (χ3v) is 19.3. The molecule has 398 valence electrons. The summed E-state index contributed by atoms with van der Waals surface area (Å²) in [7, 11) is 0. The number of benzene rings is 6. The van der Waals surface area contributed by atoms with Crippen LogP contribution in [0.4, 0.5) is 0 Å². The molecule has 0 aromatic heterocycles. The van der Waals surface area contributed by atoms with Gasteiger partial charge in [0.1, 0.15) is 0 Å². The van der Waals surface area contributed by atoms with E-state index in [9.17, 15) is 0 Å². The summed E-state index contributed by atoms with van der Waals surface area (Å²) in [4.78, 5) is 0. The van der Waals surface area contributed by atoms with Crippen LogP contribution >= 0.6 is 0 Å². The van der Waals surface area contributed by atoms with Crippen molar-refractivity contribution in [1.82, 2.24) is 0 Å². The van der Waals surface area contributed by atoms with Gasteiger partial charge in [0.05, 0.1) is 0 Å². The fourth-order valence-corrected chi connectivity index (χ4v) is 15.3. The number of hydrogen-bond acceptors (Lipinski definition) is 0. The van der Waals surface area contributed by atoms with Crippen LogP contribution in [0.15, 0.2) is 121 Å². The Bertz CT molecular complexity index is 2560. The Labute approximate surface area is 458 Å². The molecule has 0 nitrogen and oxygen atoms in total. The molecule has 0 heterocycles. The normalized spacial score (nSPS) is 14.9. The van der Waals surface area contributed by atoms with Gasteiger partial charge in [-0.05, 0) is 152 Å². The van der Waals surface area contributed by atoms with Crippen molar-refractivity contribution in [1.29, 1.82) is 0 Å². The second kappa shape index (κ2) is 26.1. The largest absolute Gasteiger partial charge is 0.0654 e. The van der Waals surface area contributed by atoms with Crippen LogP contribution in [0.5, 0.6) is 0 Å². The Hall–Kier alpha value is -4.68. The third kappa shape index (κ3) is 11.2. The monoisotopic (exact) mass is 999 g/mol. The lowest BCUT2D eigenvalue weighted by Crippen LogP contribution is -2.26. The average Bonchev–Trinajstić information content (AvgIpc) is 4.00. The van der Waals surface area contributed by atoms with Crippen LogP contribution < -0.4 is 0 Å². The van der Waals surface area contributed by atoms with Crippen molar-refractivity contribution in [2.45, 2.75) is 250 Å².